The number of hydrogen-bond donors (Lipinski definition) is 1. The highest BCUT2D eigenvalue weighted by Crippen LogP contribution is 2.65. The maximum absolute atomic E-state index is 10.6. The van der Waals surface area contributed by atoms with Crippen LogP contribution in [0.25, 0.3) is 0 Å². The molecule has 0 aromatic heterocycles. The Morgan fingerprint density at radius 3 is 1.44 bits per heavy atom. The molecule has 4 aromatic rings. The molecule has 0 bridgehead atoms. The van der Waals surface area contributed by atoms with Crippen LogP contribution in [0.4, 0.5) is 0 Å². The lowest BCUT2D eigenvalue weighted by Crippen LogP contribution is -2.26. The number of aliphatic hydroxyl groups is 1. The summed E-state index contributed by atoms with van der Waals surface area (Å²) in [6, 6.07) is 42.6. The van der Waals surface area contributed by atoms with Crippen LogP contribution in [0.15, 0.2) is 133 Å². The van der Waals surface area contributed by atoms with Gasteiger partial charge in [-0.25, -0.2) is 0 Å². The van der Waals surface area contributed by atoms with Gasteiger partial charge in [-0.1, -0.05) is 97.1 Å². The molecule has 4 rings (SSSR count). The summed E-state index contributed by atoms with van der Waals surface area (Å²) in [5, 5.41) is 15.8. The minimum absolute atomic E-state index is 0.0258. The molecule has 4 heteroatoms. The van der Waals surface area contributed by atoms with E-state index in [1.807, 2.05) is 17.9 Å². The average Bonchev–Trinajstić information content (AvgIpc) is 2.88. The van der Waals surface area contributed by atoms with Crippen LogP contribution >= 0.6 is 15.2 Å². The summed E-state index contributed by atoms with van der Waals surface area (Å²) < 4.78 is 5.29. The van der Waals surface area contributed by atoms with E-state index in [2.05, 4.69) is 109 Å². The highest BCUT2D eigenvalue weighted by molar-refractivity contribution is 8.00. The lowest BCUT2D eigenvalue weighted by Gasteiger charge is -2.29. The summed E-state index contributed by atoms with van der Waals surface area (Å²) in [6.45, 7) is 0. The molecule has 1 N–H and O–H groups in total. The zero-order valence-corrected chi connectivity index (χ0v) is 19.9. The van der Waals surface area contributed by atoms with Crippen LogP contribution in [-0.4, -0.2) is 18.1 Å². The van der Waals surface area contributed by atoms with E-state index in [-0.39, 0.29) is 5.95 Å². The monoisotopic (exact) mass is 457 g/mol. The maximum atomic E-state index is 10.6. The first-order valence-electron chi connectivity index (χ1n) is 10.6. The van der Waals surface area contributed by atoms with E-state index in [4.69, 9.17) is 4.74 Å². The summed E-state index contributed by atoms with van der Waals surface area (Å²) in [5.41, 5.74) is 0. The number of ether oxygens (including phenoxy) is 1. The second-order valence-corrected chi connectivity index (χ2v) is 13.5. The number of benzene rings is 4. The van der Waals surface area contributed by atoms with Crippen LogP contribution < -0.4 is 21.2 Å². The topological polar surface area (TPSA) is 29.5 Å². The second kappa shape index (κ2) is 10.6. The normalized spacial score (nSPS) is 12.0. The summed E-state index contributed by atoms with van der Waals surface area (Å²) in [7, 11) is -1.33. The highest BCUT2D eigenvalue weighted by Gasteiger charge is 2.45. The lowest BCUT2D eigenvalue weighted by atomic mass is 10.4. The summed E-state index contributed by atoms with van der Waals surface area (Å²) in [5.74, 6) is 2.86. The Balaban J connectivity index is 1.96. The standard InChI is InChI=1S/C28H26O2P2/c1-30-28(29)22-32(26-18-10-4-11-19-26,27-20-12-5-13-21-27)23-31(24-14-6-2-7-15-24)25-16-8-3-9-17-25/h2-22H,23H2,1H3/p+1/b28-22+. The van der Waals surface area contributed by atoms with Crippen LogP contribution in [0, 0.1) is 0 Å². The maximum Gasteiger partial charge on any atom is 0.313 e. The average molecular weight is 457 g/mol. The number of methoxy groups -OCH3 is 1. The number of hydrogen-bond acceptors (Lipinski definition) is 2. The van der Waals surface area contributed by atoms with Crippen LogP contribution in [0.1, 0.15) is 0 Å². The quantitative estimate of drug-likeness (QED) is 0.270. The van der Waals surface area contributed by atoms with E-state index < -0.39 is 15.2 Å². The highest BCUT2D eigenvalue weighted by atomic mass is 31.2. The van der Waals surface area contributed by atoms with Gasteiger partial charge in [-0.2, -0.15) is 0 Å². The van der Waals surface area contributed by atoms with E-state index in [0.29, 0.717) is 0 Å². The van der Waals surface area contributed by atoms with Gasteiger partial charge in [0, 0.05) is 0 Å². The Morgan fingerprint density at radius 1 is 0.688 bits per heavy atom. The molecule has 0 aliphatic heterocycles. The van der Waals surface area contributed by atoms with Gasteiger partial charge in [0.15, 0.2) is 0 Å². The van der Waals surface area contributed by atoms with Crippen LogP contribution in [0.5, 0.6) is 0 Å². The van der Waals surface area contributed by atoms with Gasteiger partial charge in [0.2, 0.25) is 0 Å². The third-order valence-electron chi connectivity index (χ3n) is 5.47. The van der Waals surface area contributed by atoms with Crippen molar-refractivity contribution in [3.8, 4) is 0 Å². The lowest BCUT2D eigenvalue weighted by molar-refractivity contribution is 0.137. The minimum Gasteiger partial charge on any atom is -0.479 e. The van der Waals surface area contributed by atoms with Crippen molar-refractivity contribution in [1.82, 2.24) is 0 Å². The predicted molar refractivity (Wildman–Crippen MR) is 141 cm³/mol. The molecule has 0 atom stereocenters. The van der Waals surface area contributed by atoms with Crippen molar-refractivity contribution in [3.05, 3.63) is 133 Å². The van der Waals surface area contributed by atoms with Gasteiger partial charge in [-0.05, 0) is 42.8 Å². The minimum atomic E-state index is -2.17. The zero-order valence-electron chi connectivity index (χ0n) is 18.1. The summed E-state index contributed by atoms with van der Waals surface area (Å²) in [4.78, 5) is 0. The Kier molecular flexibility index (Phi) is 7.38. The molecule has 0 amide bonds. The Bertz CT molecular complexity index is 1050. The first kappa shape index (κ1) is 22.3. The van der Waals surface area contributed by atoms with Gasteiger partial charge >= 0.3 is 5.95 Å². The summed E-state index contributed by atoms with van der Waals surface area (Å²) >= 11 is 0. The summed E-state index contributed by atoms with van der Waals surface area (Å²) in [6.07, 6.45) is 0. The smallest absolute Gasteiger partial charge is 0.313 e. The first-order chi connectivity index (χ1) is 15.7. The molecule has 0 aliphatic carbocycles. The van der Waals surface area contributed by atoms with E-state index in [0.717, 1.165) is 5.90 Å². The molecular formula is C28H27O2P2+. The first-order valence-corrected chi connectivity index (χ1v) is 14.1. The fraction of sp³-hybridized carbons (Fsp3) is 0.0714. The van der Waals surface area contributed by atoms with Crippen molar-refractivity contribution in [2.75, 3.05) is 13.0 Å². The third-order valence-corrected chi connectivity index (χ3v) is 13.3. The van der Waals surface area contributed by atoms with Gasteiger partial charge in [0.05, 0.1) is 13.0 Å². The van der Waals surface area contributed by atoms with Crippen molar-refractivity contribution in [2.45, 2.75) is 0 Å². The molecular weight excluding hydrogens is 430 g/mol. The largest absolute Gasteiger partial charge is 0.479 e. The third kappa shape index (κ3) is 4.94. The Hall–Kier alpha value is -2.92. The van der Waals surface area contributed by atoms with Gasteiger partial charge in [0.25, 0.3) is 0 Å². The van der Waals surface area contributed by atoms with E-state index in [1.54, 1.807) is 0 Å². The van der Waals surface area contributed by atoms with E-state index in [1.165, 1.54) is 28.3 Å². The molecule has 0 radical (unpaired) electrons. The molecule has 4 aromatic carbocycles. The van der Waals surface area contributed by atoms with Crippen molar-refractivity contribution in [1.29, 1.82) is 0 Å². The van der Waals surface area contributed by atoms with Crippen molar-refractivity contribution in [2.24, 2.45) is 0 Å². The molecule has 0 heterocycles. The van der Waals surface area contributed by atoms with Crippen LogP contribution in [-0.2, 0) is 4.74 Å². The second-order valence-electron chi connectivity index (χ2n) is 7.45. The fourth-order valence-electron chi connectivity index (χ4n) is 3.88. The molecule has 32 heavy (non-hydrogen) atoms. The zero-order chi connectivity index (χ0) is 22.2. The van der Waals surface area contributed by atoms with E-state index >= 15 is 0 Å². The molecule has 0 saturated heterocycles. The van der Waals surface area contributed by atoms with Crippen LogP contribution in [0.3, 0.4) is 0 Å². The van der Waals surface area contributed by atoms with Gasteiger partial charge in [0.1, 0.15) is 23.7 Å². The van der Waals surface area contributed by atoms with Crippen molar-refractivity contribution < 1.29 is 9.84 Å². The Morgan fingerprint density at radius 2 is 1.06 bits per heavy atom. The predicted octanol–water partition coefficient (Wildman–Crippen LogP) is 5.75. The van der Waals surface area contributed by atoms with Gasteiger partial charge in [-0.15, -0.1) is 0 Å². The SMILES string of the molecule is CO/C(O)=C/[P+](CP(c1ccccc1)c1ccccc1)(c1ccccc1)c1ccccc1. The molecule has 0 saturated carbocycles. The van der Waals surface area contributed by atoms with E-state index in [9.17, 15) is 5.11 Å². The van der Waals surface area contributed by atoms with Gasteiger partial charge in [-0.3, -0.25) is 0 Å². The number of rotatable bonds is 8. The molecule has 0 unspecified atom stereocenters. The Labute approximate surface area is 192 Å². The molecule has 0 fully saturated rings. The number of aliphatic hydroxyl groups excluding tert-OH is 1. The van der Waals surface area contributed by atoms with Gasteiger partial charge < -0.3 is 9.84 Å². The molecule has 2 nitrogen and oxygen atoms in total. The van der Waals surface area contributed by atoms with Crippen molar-refractivity contribution >= 4 is 36.4 Å². The van der Waals surface area contributed by atoms with Crippen molar-refractivity contribution in [3.63, 3.8) is 0 Å². The molecule has 0 spiro atoms. The fourth-order valence-corrected chi connectivity index (χ4v) is 12.5. The van der Waals surface area contributed by atoms with Crippen LogP contribution in [0.2, 0.25) is 0 Å². The molecule has 160 valence electrons. The molecule has 0 aliphatic rings.